The Morgan fingerprint density at radius 1 is 1.03 bits per heavy atom. The van der Waals surface area contributed by atoms with E-state index >= 15 is 0 Å². The van der Waals surface area contributed by atoms with E-state index in [-0.39, 0.29) is 36.5 Å². The van der Waals surface area contributed by atoms with Crippen molar-refractivity contribution >= 4 is 17.6 Å². The largest absolute Gasteiger partial charge is 0.494 e. The van der Waals surface area contributed by atoms with Crippen LogP contribution in [0.1, 0.15) is 49.4 Å². The van der Waals surface area contributed by atoms with Crippen molar-refractivity contribution in [3.05, 3.63) is 29.8 Å². The van der Waals surface area contributed by atoms with Crippen LogP contribution in [-0.2, 0) is 14.3 Å². The second kappa shape index (κ2) is 10.4. The van der Waals surface area contributed by atoms with Crippen LogP contribution in [0.15, 0.2) is 24.3 Å². The van der Waals surface area contributed by atoms with Crippen LogP contribution in [-0.4, -0.2) is 72.9 Å². The minimum absolute atomic E-state index is 0.0366. The lowest BCUT2D eigenvalue weighted by Gasteiger charge is -2.35. The molecule has 2 saturated heterocycles. The van der Waals surface area contributed by atoms with Crippen molar-refractivity contribution in [1.29, 1.82) is 0 Å². The summed E-state index contributed by atoms with van der Waals surface area (Å²) in [5, 5.41) is 0. The molecule has 2 amide bonds. The zero-order chi connectivity index (χ0) is 20.6. The van der Waals surface area contributed by atoms with Gasteiger partial charge in [0.05, 0.1) is 6.61 Å². The Hall–Kier alpha value is -2.41. The average Bonchev–Trinajstić information content (AvgIpc) is 3.30. The van der Waals surface area contributed by atoms with Gasteiger partial charge in [-0.3, -0.25) is 14.4 Å². The number of amides is 2. The van der Waals surface area contributed by atoms with Gasteiger partial charge in [-0.25, -0.2) is 0 Å². The van der Waals surface area contributed by atoms with Crippen molar-refractivity contribution in [3.63, 3.8) is 0 Å². The summed E-state index contributed by atoms with van der Waals surface area (Å²) in [6.07, 6.45) is 2.70. The topological polar surface area (TPSA) is 76.2 Å². The molecule has 1 atom stereocenters. The summed E-state index contributed by atoms with van der Waals surface area (Å²) >= 11 is 0. The maximum Gasteiger partial charge on any atom is 0.251 e. The number of piperazine rings is 1. The fourth-order valence-electron chi connectivity index (χ4n) is 3.63. The van der Waals surface area contributed by atoms with Gasteiger partial charge in [0.25, 0.3) is 5.91 Å². The van der Waals surface area contributed by atoms with E-state index in [0.29, 0.717) is 45.0 Å². The predicted molar refractivity (Wildman–Crippen MR) is 108 cm³/mol. The second-order valence-corrected chi connectivity index (χ2v) is 7.50. The number of benzene rings is 1. The number of ketones is 1. The molecule has 2 aliphatic heterocycles. The zero-order valence-electron chi connectivity index (χ0n) is 17.1. The molecule has 1 aromatic carbocycles. The molecule has 158 valence electrons. The summed E-state index contributed by atoms with van der Waals surface area (Å²) in [5.74, 6) is 0.698. The van der Waals surface area contributed by atoms with Crippen molar-refractivity contribution < 1.29 is 23.9 Å². The smallest absolute Gasteiger partial charge is 0.251 e. The standard InChI is InChI=1S/C22H30N2O5/c1-2-15-28-18-7-5-17(6-8-18)19(25)9-10-21(26)23-11-13-24(14-12-23)22(27)20-4-3-16-29-20/h5-8,20H,2-4,9-16H2,1H3. The van der Waals surface area contributed by atoms with Crippen LogP contribution in [0.2, 0.25) is 0 Å². The van der Waals surface area contributed by atoms with Crippen LogP contribution in [0.3, 0.4) is 0 Å². The number of hydrogen-bond donors (Lipinski definition) is 0. The Bertz CT molecular complexity index is 704. The van der Waals surface area contributed by atoms with Crippen LogP contribution in [0.25, 0.3) is 0 Å². The van der Waals surface area contributed by atoms with Gasteiger partial charge in [-0.05, 0) is 43.5 Å². The van der Waals surface area contributed by atoms with Crippen molar-refractivity contribution in [3.8, 4) is 5.75 Å². The van der Waals surface area contributed by atoms with E-state index in [1.54, 1.807) is 34.1 Å². The molecule has 1 unspecified atom stereocenters. The highest BCUT2D eigenvalue weighted by Gasteiger charge is 2.31. The quantitative estimate of drug-likeness (QED) is 0.624. The number of carbonyl (C=O) groups is 3. The summed E-state index contributed by atoms with van der Waals surface area (Å²) in [6, 6.07) is 7.06. The molecule has 0 saturated carbocycles. The third-order valence-corrected chi connectivity index (χ3v) is 5.36. The Balaban J connectivity index is 1.40. The van der Waals surface area contributed by atoms with Crippen molar-refractivity contribution in [2.45, 2.75) is 45.1 Å². The predicted octanol–water partition coefficient (Wildman–Crippen LogP) is 2.29. The van der Waals surface area contributed by atoms with Crippen molar-refractivity contribution in [2.75, 3.05) is 39.4 Å². The van der Waals surface area contributed by atoms with E-state index in [9.17, 15) is 14.4 Å². The van der Waals surface area contributed by atoms with Gasteiger partial charge >= 0.3 is 0 Å². The summed E-state index contributed by atoms with van der Waals surface area (Å²) in [5.41, 5.74) is 0.591. The van der Waals surface area contributed by atoms with Gasteiger partial charge < -0.3 is 19.3 Å². The molecule has 0 bridgehead atoms. The van der Waals surface area contributed by atoms with Crippen LogP contribution in [0.5, 0.6) is 5.75 Å². The van der Waals surface area contributed by atoms with Crippen LogP contribution in [0.4, 0.5) is 0 Å². The highest BCUT2D eigenvalue weighted by molar-refractivity contribution is 5.98. The Morgan fingerprint density at radius 3 is 2.34 bits per heavy atom. The lowest BCUT2D eigenvalue weighted by Crippen LogP contribution is -2.52. The number of rotatable bonds is 8. The first-order valence-electron chi connectivity index (χ1n) is 10.5. The summed E-state index contributed by atoms with van der Waals surface area (Å²) < 4.78 is 11.0. The Labute approximate surface area is 171 Å². The number of nitrogens with zero attached hydrogens (tertiary/aromatic N) is 2. The van der Waals surface area contributed by atoms with E-state index in [4.69, 9.17) is 9.47 Å². The van der Waals surface area contributed by atoms with E-state index in [1.165, 1.54) is 0 Å². The second-order valence-electron chi connectivity index (χ2n) is 7.50. The SMILES string of the molecule is CCCOc1ccc(C(=O)CCC(=O)N2CCN(C(=O)C3CCCO3)CC2)cc1. The zero-order valence-corrected chi connectivity index (χ0v) is 17.1. The minimum atomic E-state index is -0.311. The molecule has 0 aromatic heterocycles. The molecule has 7 nitrogen and oxygen atoms in total. The molecular formula is C22H30N2O5. The third-order valence-electron chi connectivity index (χ3n) is 5.36. The third kappa shape index (κ3) is 5.79. The van der Waals surface area contributed by atoms with Gasteiger partial charge in [-0.15, -0.1) is 0 Å². The minimum Gasteiger partial charge on any atom is -0.494 e. The lowest BCUT2D eigenvalue weighted by molar-refractivity contribution is -0.146. The molecule has 2 aliphatic rings. The molecule has 0 N–H and O–H groups in total. The van der Waals surface area contributed by atoms with Gasteiger partial charge in [-0.1, -0.05) is 6.92 Å². The summed E-state index contributed by atoms with van der Waals surface area (Å²) in [4.78, 5) is 40.7. The molecule has 0 aliphatic carbocycles. The average molecular weight is 402 g/mol. The fraction of sp³-hybridized carbons (Fsp3) is 0.591. The maximum absolute atomic E-state index is 12.5. The van der Waals surface area contributed by atoms with Crippen molar-refractivity contribution in [1.82, 2.24) is 9.80 Å². The van der Waals surface area contributed by atoms with Gasteiger partial charge in [0.15, 0.2) is 5.78 Å². The first-order valence-corrected chi connectivity index (χ1v) is 10.5. The van der Waals surface area contributed by atoms with Crippen LogP contribution in [0, 0.1) is 0 Å². The van der Waals surface area contributed by atoms with Gasteiger partial charge in [0, 0.05) is 51.2 Å². The fourth-order valence-corrected chi connectivity index (χ4v) is 3.63. The molecule has 0 radical (unpaired) electrons. The number of hydrogen-bond acceptors (Lipinski definition) is 5. The summed E-state index contributed by atoms with van der Waals surface area (Å²) in [6.45, 7) is 5.40. The molecule has 0 spiro atoms. The molecule has 29 heavy (non-hydrogen) atoms. The van der Waals surface area contributed by atoms with Gasteiger partial charge in [-0.2, -0.15) is 0 Å². The monoisotopic (exact) mass is 402 g/mol. The van der Waals surface area contributed by atoms with Crippen molar-refractivity contribution in [2.24, 2.45) is 0 Å². The first-order chi connectivity index (χ1) is 14.1. The van der Waals surface area contributed by atoms with Crippen LogP contribution >= 0.6 is 0 Å². The molecular weight excluding hydrogens is 372 g/mol. The van der Waals surface area contributed by atoms with E-state index in [1.807, 2.05) is 6.92 Å². The Morgan fingerprint density at radius 2 is 1.72 bits per heavy atom. The normalized spacial score (nSPS) is 19.3. The van der Waals surface area contributed by atoms with Crippen LogP contribution < -0.4 is 4.74 Å². The number of carbonyl (C=O) groups excluding carboxylic acids is 3. The first kappa shape index (κ1) is 21.3. The van der Waals surface area contributed by atoms with E-state index in [0.717, 1.165) is 25.0 Å². The maximum atomic E-state index is 12.5. The highest BCUT2D eigenvalue weighted by atomic mass is 16.5. The molecule has 3 rings (SSSR count). The lowest BCUT2D eigenvalue weighted by atomic mass is 10.1. The number of Topliss-reactive ketones (excluding diaryl/α,β-unsaturated/α-hetero) is 1. The highest BCUT2D eigenvalue weighted by Crippen LogP contribution is 2.17. The molecule has 7 heteroatoms. The summed E-state index contributed by atoms with van der Waals surface area (Å²) in [7, 11) is 0. The number of ether oxygens (including phenoxy) is 2. The van der Waals surface area contributed by atoms with E-state index < -0.39 is 0 Å². The van der Waals surface area contributed by atoms with Gasteiger partial charge in [0.1, 0.15) is 11.9 Å². The molecule has 2 fully saturated rings. The molecule has 1 aromatic rings. The Kier molecular flexibility index (Phi) is 7.63. The van der Waals surface area contributed by atoms with Gasteiger partial charge in [0.2, 0.25) is 5.91 Å². The molecule has 2 heterocycles. The van der Waals surface area contributed by atoms with E-state index in [2.05, 4.69) is 0 Å².